The van der Waals surface area contributed by atoms with Crippen molar-refractivity contribution in [3.8, 4) is 11.4 Å². The van der Waals surface area contributed by atoms with Gasteiger partial charge in [-0.3, -0.25) is 0 Å². The Balaban J connectivity index is 2.33. The molecule has 0 saturated carbocycles. The zero-order valence-electron chi connectivity index (χ0n) is 10.1. The van der Waals surface area contributed by atoms with Gasteiger partial charge in [0.2, 0.25) is 0 Å². The summed E-state index contributed by atoms with van der Waals surface area (Å²) in [5.41, 5.74) is 0.700. The van der Waals surface area contributed by atoms with Crippen molar-refractivity contribution < 1.29 is 18.6 Å². The van der Waals surface area contributed by atoms with Gasteiger partial charge < -0.3 is 9.84 Å². The number of rotatable bonds is 5. The lowest BCUT2D eigenvalue weighted by Crippen LogP contribution is -2.03. The molecule has 1 N–H and O–H groups in total. The zero-order chi connectivity index (χ0) is 14.7. The Morgan fingerprint density at radius 1 is 1.45 bits per heavy atom. The maximum absolute atomic E-state index is 12.2. The van der Waals surface area contributed by atoms with Crippen molar-refractivity contribution >= 4 is 11.6 Å². The number of aromatic nitrogens is 3. The van der Waals surface area contributed by atoms with Gasteiger partial charge in [-0.15, -0.1) is 11.7 Å². The molecule has 0 radical (unpaired) electrons. The molecule has 5 nitrogen and oxygen atoms in total. The maximum atomic E-state index is 12.2. The van der Waals surface area contributed by atoms with E-state index in [2.05, 4.69) is 21.6 Å². The average molecular weight is 302 g/mol. The quantitative estimate of drug-likeness (QED) is 0.863. The molecule has 1 aromatic carbocycles. The molecule has 0 fully saturated rings. The van der Waals surface area contributed by atoms with E-state index in [-0.39, 0.29) is 16.5 Å². The fourth-order valence-corrected chi connectivity index (χ4v) is 1.64. The maximum Gasteiger partial charge on any atom is 0.387 e. The number of nitrogens with zero attached hydrogens (tertiary/aromatic N) is 3. The van der Waals surface area contributed by atoms with Crippen molar-refractivity contribution in [2.75, 3.05) is 0 Å². The summed E-state index contributed by atoms with van der Waals surface area (Å²) in [6.45, 7) is 0.454. The fraction of sp³-hybridized carbons (Fsp3) is 0.167. The highest BCUT2D eigenvalue weighted by Crippen LogP contribution is 2.28. The van der Waals surface area contributed by atoms with Gasteiger partial charge in [0, 0.05) is 6.07 Å². The van der Waals surface area contributed by atoms with E-state index in [4.69, 9.17) is 11.6 Å². The first kappa shape index (κ1) is 14.4. The first-order chi connectivity index (χ1) is 9.51. The highest BCUT2D eigenvalue weighted by molar-refractivity contribution is 6.32. The molecular formula is C12H10ClF2N3O2. The van der Waals surface area contributed by atoms with Crippen LogP contribution in [0.4, 0.5) is 8.78 Å². The van der Waals surface area contributed by atoms with Crippen molar-refractivity contribution in [3.63, 3.8) is 0 Å². The second-order valence-electron chi connectivity index (χ2n) is 3.76. The molecular weight excluding hydrogens is 292 g/mol. The molecule has 0 aliphatic heterocycles. The van der Waals surface area contributed by atoms with Gasteiger partial charge in [-0.2, -0.15) is 8.78 Å². The molecule has 0 bridgehead atoms. The molecule has 1 aromatic heterocycles. The van der Waals surface area contributed by atoms with Crippen molar-refractivity contribution in [2.45, 2.75) is 12.7 Å². The minimum absolute atomic E-state index is 0.0560. The van der Waals surface area contributed by atoms with Crippen LogP contribution < -0.4 is 4.74 Å². The molecule has 106 valence electrons. The Hall–Kier alpha value is -1.99. The van der Waals surface area contributed by atoms with Crippen LogP contribution in [-0.2, 0) is 0 Å². The van der Waals surface area contributed by atoms with E-state index in [1.54, 1.807) is 6.07 Å². The van der Waals surface area contributed by atoms with Gasteiger partial charge in [-0.25, -0.2) is 4.68 Å². The van der Waals surface area contributed by atoms with E-state index in [1.807, 2.05) is 0 Å². The molecule has 0 aliphatic carbocycles. The Morgan fingerprint density at radius 2 is 2.20 bits per heavy atom. The third-order valence-corrected chi connectivity index (χ3v) is 2.75. The van der Waals surface area contributed by atoms with Crippen LogP contribution in [0.2, 0.25) is 5.02 Å². The normalized spacial score (nSPS) is 12.4. The highest BCUT2D eigenvalue weighted by atomic mass is 35.5. The van der Waals surface area contributed by atoms with Crippen LogP contribution in [0.5, 0.6) is 5.75 Å². The first-order valence-corrected chi connectivity index (χ1v) is 5.86. The van der Waals surface area contributed by atoms with Gasteiger partial charge in [0.1, 0.15) is 17.5 Å². The third kappa shape index (κ3) is 3.12. The number of halogens is 3. The smallest absolute Gasteiger partial charge is 0.387 e. The summed E-state index contributed by atoms with van der Waals surface area (Å²) in [7, 11) is 0. The van der Waals surface area contributed by atoms with Gasteiger partial charge in [-0.1, -0.05) is 22.9 Å². The number of ether oxygens (including phenoxy) is 1. The lowest BCUT2D eigenvalue weighted by atomic mass is 10.2. The summed E-state index contributed by atoms with van der Waals surface area (Å²) < 4.78 is 30.1. The number of aliphatic hydroxyl groups is 1. The van der Waals surface area contributed by atoms with Crippen LogP contribution in [0.25, 0.3) is 5.69 Å². The third-order valence-electron chi connectivity index (χ3n) is 2.43. The fourth-order valence-electron chi connectivity index (χ4n) is 1.48. The van der Waals surface area contributed by atoms with E-state index in [0.29, 0.717) is 5.69 Å². The molecule has 20 heavy (non-hydrogen) atoms. The van der Waals surface area contributed by atoms with Crippen LogP contribution in [0.15, 0.2) is 37.1 Å². The lowest BCUT2D eigenvalue weighted by Gasteiger charge is -2.08. The van der Waals surface area contributed by atoms with Crippen molar-refractivity contribution in [1.29, 1.82) is 0 Å². The summed E-state index contributed by atoms with van der Waals surface area (Å²) in [4.78, 5) is 0. The SMILES string of the molecule is C=C[C@H](O)c1cn(-c2ccc(Cl)c(OC(F)F)c2)nn1. The van der Waals surface area contributed by atoms with E-state index in [0.717, 1.165) is 0 Å². The van der Waals surface area contributed by atoms with Crippen molar-refractivity contribution in [3.05, 3.63) is 47.8 Å². The minimum atomic E-state index is -2.98. The number of hydrogen-bond acceptors (Lipinski definition) is 4. The number of hydrogen-bond donors (Lipinski definition) is 1. The summed E-state index contributed by atoms with van der Waals surface area (Å²) >= 11 is 5.75. The molecule has 0 spiro atoms. The van der Waals surface area contributed by atoms with Crippen molar-refractivity contribution in [2.24, 2.45) is 0 Å². The summed E-state index contributed by atoms with van der Waals surface area (Å²) in [5, 5.41) is 17.1. The van der Waals surface area contributed by atoms with E-state index in [9.17, 15) is 13.9 Å². The van der Waals surface area contributed by atoms with Gasteiger partial charge >= 0.3 is 6.61 Å². The van der Waals surface area contributed by atoms with Gasteiger partial charge in [0.05, 0.1) is 16.9 Å². The molecule has 2 rings (SSSR count). The molecule has 0 unspecified atom stereocenters. The minimum Gasteiger partial charge on any atom is -0.433 e. The summed E-state index contributed by atoms with van der Waals surface area (Å²) in [6, 6.07) is 4.26. The second kappa shape index (κ2) is 5.98. The predicted molar refractivity (Wildman–Crippen MR) is 68.2 cm³/mol. The molecule has 1 heterocycles. The summed E-state index contributed by atoms with van der Waals surface area (Å²) in [6.07, 6.45) is 1.79. The van der Waals surface area contributed by atoms with Gasteiger partial charge in [0.15, 0.2) is 0 Å². The van der Waals surface area contributed by atoms with Crippen LogP contribution in [-0.4, -0.2) is 26.7 Å². The van der Waals surface area contributed by atoms with Crippen LogP contribution >= 0.6 is 11.6 Å². The van der Waals surface area contributed by atoms with E-state index >= 15 is 0 Å². The van der Waals surface area contributed by atoms with Crippen LogP contribution in [0.1, 0.15) is 11.8 Å². The highest BCUT2D eigenvalue weighted by Gasteiger charge is 2.13. The van der Waals surface area contributed by atoms with Crippen LogP contribution in [0, 0.1) is 0 Å². The average Bonchev–Trinajstić information content (AvgIpc) is 2.89. The molecule has 0 amide bonds. The molecule has 8 heteroatoms. The van der Waals surface area contributed by atoms with E-state index < -0.39 is 12.7 Å². The molecule has 1 atom stereocenters. The second-order valence-corrected chi connectivity index (χ2v) is 4.17. The molecule has 0 saturated heterocycles. The molecule has 2 aromatic rings. The predicted octanol–water partition coefficient (Wildman–Crippen LogP) is 2.74. The van der Waals surface area contributed by atoms with Crippen LogP contribution in [0.3, 0.4) is 0 Å². The monoisotopic (exact) mass is 301 g/mol. The number of aliphatic hydroxyl groups excluding tert-OH is 1. The zero-order valence-corrected chi connectivity index (χ0v) is 10.8. The molecule has 0 aliphatic rings. The Labute approximate surface area is 118 Å². The lowest BCUT2D eigenvalue weighted by molar-refractivity contribution is -0.0497. The standard InChI is InChI=1S/C12H10ClF2N3O2/c1-2-10(19)9-6-18(17-16-9)7-3-4-8(13)11(5-7)20-12(14)15/h2-6,10,12,19H,1H2/t10-/m0/s1. The Kier molecular flexibility index (Phi) is 4.31. The Morgan fingerprint density at radius 3 is 2.85 bits per heavy atom. The Bertz CT molecular complexity index is 618. The first-order valence-electron chi connectivity index (χ1n) is 5.49. The summed E-state index contributed by atoms with van der Waals surface area (Å²) in [5.74, 6) is -0.166. The number of alkyl halides is 2. The number of benzene rings is 1. The van der Waals surface area contributed by atoms with Crippen molar-refractivity contribution in [1.82, 2.24) is 15.0 Å². The van der Waals surface area contributed by atoms with Gasteiger partial charge in [-0.05, 0) is 12.1 Å². The van der Waals surface area contributed by atoms with E-state index in [1.165, 1.54) is 29.1 Å². The van der Waals surface area contributed by atoms with Gasteiger partial charge in [0.25, 0.3) is 0 Å². The largest absolute Gasteiger partial charge is 0.433 e. The topological polar surface area (TPSA) is 60.2 Å².